The van der Waals surface area contributed by atoms with E-state index in [2.05, 4.69) is 0 Å². The maximum atomic E-state index is 11.7. The first-order chi connectivity index (χ1) is 7.27. The van der Waals surface area contributed by atoms with Crippen LogP contribution in [0.15, 0.2) is 0 Å². The van der Waals surface area contributed by atoms with Crippen molar-refractivity contribution in [2.75, 3.05) is 12.3 Å². The highest BCUT2D eigenvalue weighted by Crippen LogP contribution is 2.13. The summed E-state index contributed by atoms with van der Waals surface area (Å²) < 4.78 is 59.0. The molecule has 0 aliphatic carbocycles. The predicted molar refractivity (Wildman–Crippen MR) is 56.6 cm³/mol. The Morgan fingerprint density at radius 2 is 1.62 bits per heavy atom. The molecule has 7 heteroatoms. The Hall–Kier alpha value is -0.300. The quantitative estimate of drug-likeness (QED) is 0.682. The lowest BCUT2D eigenvalue weighted by molar-refractivity contribution is -0.121. The van der Waals surface area contributed by atoms with Gasteiger partial charge in [0.25, 0.3) is 0 Å². The largest absolute Gasteiger partial charge is 0.402 e. The van der Waals surface area contributed by atoms with Crippen LogP contribution in [-0.4, -0.2) is 26.9 Å². The van der Waals surface area contributed by atoms with Crippen LogP contribution in [0.4, 0.5) is 13.2 Å². The molecule has 0 aromatic heterocycles. The molecule has 0 saturated heterocycles. The Morgan fingerprint density at radius 3 is 2.12 bits per heavy atom. The first-order valence-electron chi connectivity index (χ1n) is 5.31. The SMILES string of the molecule is CCCCCCCS(=O)(=O)NCC(F)(F)F. The predicted octanol–water partition coefficient (Wildman–Crippen LogP) is 2.44. The summed E-state index contributed by atoms with van der Waals surface area (Å²) in [5.41, 5.74) is 0. The smallest absolute Gasteiger partial charge is 0.212 e. The third-order valence-electron chi connectivity index (χ3n) is 2.01. The van der Waals surface area contributed by atoms with Gasteiger partial charge >= 0.3 is 6.18 Å². The zero-order valence-corrected chi connectivity index (χ0v) is 10.1. The van der Waals surface area contributed by atoms with Crippen molar-refractivity contribution in [2.24, 2.45) is 0 Å². The minimum absolute atomic E-state index is 0.229. The number of hydrogen-bond acceptors (Lipinski definition) is 2. The highest BCUT2D eigenvalue weighted by atomic mass is 32.2. The molecular weight excluding hydrogens is 243 g/mol. The molecule has 0 amide bonds. The fourth-order valence-corrected chi connectivity index (χ4v) is 2.27. The van der Waals surface area contributed by atoms with Crippen LogP contribution in [0.5, 0.6) is 0 Å². The van der Waals surface area contributed by atoms with Crippen molar-refractivity contribution in [3.8, 4) is 0 Å². The Kier molecular flexibility index (Phi) is 6.98. The van der Waals surface area contributed by atoms with Crippen molar-refractivity contribution in [1.82, 2.24) is 4.72 Å². The average Bonchev–Trinajstić information content (AvgIpc) is 2.14. The number of hydrogen-bond donors (Lipinski definition) is 1. The number of halogens is 3. The molecular formula is C9H18F3NO2S. The summed E-state index contributed by atoms with van der Waals surface area (Å²) in [6.45, 7) is 0.548. The van der Waals surface area contributed by atoms with Crippen LogP contribution < -0.4 is 4.72 Å². The summed E-state index contributed by atoms with van der Waals surface area (Å²) in [7, 11) is -3.77. The molecule has 0 atom stereocenters. The van der Waals surface area contributed by atoms with E-state index in [1.54, 1.807) is 0 Å². The lowest BCUT2D eigenvalue weighted by Gasteiger charge is -2.08. The van der Waals surface area contributed by atoms with Gasteiger partial charge in [-0.15, -0.1) is 0 Å². The second kappa shape index (κ2) is 7.11. The van der Waals surface area contributed by atoms with Gasteiger partial charge < -0.3 is 0 Å². The molecule has 0 rings (SSSR count). The molecule has 0 bridgehead atoms. The second-order valence-corrected chi connectivity index (χ2v) is 5.60. The minimum Gasteiger partial charge on any atom is -0.212 e. The summed E-state index contributed by atoms with van der Waals surface area (Å²) in [5.74, 6) is -0.229. The summed E-state index contributed by atoms with van der Waals surface area (Å²) in [4.78, 5) is 0. The molecule has 3 nitrogen and oxygen atoms in total. The van der Waals surface area contributed by atoms with Crippen LogP contribution in [0.1, 0.15) is 39.0 Å². The van der Waals surface area contributed by atoms with Gasteiger partial charge in [0, 0.05) is 0 Å². The lowest BCUT2D eigenvalue weighted by Crippen LogP contribution is -2.35. The van der Waals surface area contributed by atoms with Crippen molar-refractivity contribution in [1.29, 1.82) is 0 Å². The molecule has 0 aromatic rings. The molecule has 0 fully saturated rings. The Balaban J connectivity index is 3.71. The highest BCUT2D eigenvalue weighted by Gasteiger charge is 2.29. The van der Waals surface area contributed by atoms with E-state index in [9.17, 15) is 21.6 Å². The third kappa shape index (κ3) is 10.2. The van der Waals surface area contributed by atoms with Crippen LogP contribution in [0, 0.1) is 0 Å². The van der Waals surface area contributed by atoms with E-state index in [1.807, 2.05) is 6.92 Å². The van der Waals surface area contributed by atoms with Crippen molar-refractivity contribution >= 4 is 10.0 Å². The van der Waals surface area contributed by atoms with Gasteiger partial charge in [0.1, 0.15) is 6.54 Å². The van der Waals surface area contributed by atoms with Crippen molar-refractivity contribution < 1.29 is 21.6 Å². The van der Waals surface area contributed by atoms with Gasteiger partial charge in [-0.05, 0) is 6.42 Å². The molecule has 0 radical (unpaired) electrons. The van der Waals surface area contributed by atoms with Crippen LogP contribution in [-0.2, 0) is 10.0 Å². The van der Waals surface area contributed by atoms with E-state index >= 15 is 0 Å². The topological polar surface area (TPSA) is 46.2 Å². The molecule has 0 aromatic carbocycles. The van der Waals surface area contributed by atoms with Gasteiger partial charge in [-0.3, -0.25) is 0 Å². The zero-order valence-electron chi connectivity index (χ0n) is 9.31. The van der Waals surface area contributed by atoms with E-state index < -0.39 is 22.7 Å². The standard InChI is InChI=1S/C9H18F3NO2S/c1-2-3-4-5-6-7-16(14,15)13-8-9(10,11)12/h13H,2-8H2,1H3. The molecule has 0 unspecified atom stereocenters. The van der Waals surface area contributed by atoms with Crippen molar-refractivity contribution in [3.05, 3.63) is 0 Å². The molecule has 0 aliphatic heterocycles. The monoisotopic (exact) mass is 261 g/mol. The van der Waals surface area contributed by atoms with Gasteiger partial charge in [-0.25, -0.2) is 13.1 Å². The zero-order chi connectivity index (χ0) is 12.7. The Labute approximate surface area is 94.5 Å². The first-order valence-corrected chi connectivity index (χ1v) is 6.96. The number of nitrogens with one attached hydrogen (secondary N) is 1. The average molecular weight is 261 g/mol. The number of unbranched alkanes of at least 4 members (excludes halogenated alkanes) is 4. The Morgan fingerprint density at radius 1 is 1.06 bits per heavy atom. The fraction of sp³-hybridized carbons (Fsp3) is 1.00. The normalized spacial score (nSPS) is 13.0. The van der Waals surface area contributed by atoms with Gasteiger partial charge in [-0.1, -0.05) is 32.6 Å². The fourth-order valence-electron chi connectivity index (χ4n) is 1.16. The first kappa shape index (κ1) is 15.7. The lowest BCUT2D eigenvalue weighted by atomic mass is 10.2. The van der Waals surface area contributed by atoms with Crippen molar-refractivity contribution in [3.63, 3.8) is 0 Å². The van der Waals surface area contributed by atoms with Gasteiger partial charge in [0.15, 0.2) is 0 Å². The van der Waals surface area contributed by atoms with Crippen LogP contribution in [0.25, 0.3) is 0 Å². The third-order valence-corrected chi connectivity index (χ3v) is 3.42. The minimum atomic E-state index is -4.49. The number of rotatable bonds is 8. The van der Waals surface area contributed by atoms with Gasteiger partial charge in [0.05, 0.1) is 5.75 Å². The summed E-state index contributed by atoms with van der Waals surface area (Å²) in [6.07, 6.45) is -0.358. The molecule has 0 saturated carbocycles. The van der Waals surface area contributed by atoms with Gasteiger partial charge in [0.2, 0.25) is 10.0 Å². The molecule has 16 heavy (non-hydrogen) atoms. The van der Waals surface area contributed by atoms with E-state index in [0.29, 0.717) is 6.42 Å². The van der Waals surface area contributed by atoms with Crippen LogP contribution >= 0.6 is 0 Å². The molecule has 0 aliphatic rings. The van der Waals surface area contributed by atoms with Crippen LogP contribution in [0.2, 0.25) is 0 Å². The van der Waals surface area contributed by atoms with Gasteiger partial charge in [-0.2, -0.15) is 13.2 Å². The van der Waals surface area contributed by atoms with E-state index in [-0.39, 0.29) is 5.75 Å². The maximum Gasteiger partial charge on any atom is 0.402 e. The molecule has 98 valence electrons. The van der Waals surface area contributed by atoms with Crippen LogP contribution in [0.3, 0.4) is 0 Å². The van der Waals surface area contributed by atoms with Crippen molar-refractivity contribution in [2.45, 2.75) is 45.2 Å². The summed E-state index contributed by atoms with van der Waals surface area (Å²) in [5, 5.41) is 0. The summed E-state index contributed by atoms with van der Waals surface area (Å²) >= 11 is 0. The Bertz CT molecular complexity index is 275. The second-order valence-electron chi connectivity index (χ2n) is 3.67. The number of alkyl halides is 3. The van der Waals surface area contributed by atoms with E-state index in [0.717, 1.165) is 25.7 Å². The molecule has 1 N–H and O–H groups in total. The van der Waals surface area contributed by atoms with E-state index in [4.69, 9.17) is 0 Å². The van der Waals surface area contributed by atoms with E-state index in [1.165, 1.54) is 4.72 Å². The highest BCUT2D eigenvalue weighted by molar-refractivity contribution is 7.89. The molecule has 0 spiro atoms. The molecule has 0 heterocycles. The summed E-state index contributed by atoms with van der Waals surface area (Å²) in [6, 6.07) is 0. The maximum absolute atomic E-state index is 11.7. The number of sulfonamides is 1.